The maximum absolute atomic E-state index is 13.4. The monoisotopic (exact) mass is 465 g/mol. The highest BCUT2D eigenvalue weighted by molar-refractivity contribution is 6.09. The molecule has 1 aliphatic heterocycles. The maximum atomic E-state index is 13.4. The Morgan fingerprint density at radius 3 is 2.21 bits per heavy atom. The molecular formula is C24H23N3O7. The lowest BCUT2D eigenvalue weighted by molar-refractivity contribution is -0.384. The van der Waals surface area contributed by atoms with Crippen LogP contribution < -0.4 is 4.74 Å². The quantitative estimate of drug-likeness (QED) is 0.266. The number of nitro benzene ring substituents is 1. The number of nitro groups is 1. The smallest absolute Gasteiger partial charge is 0.273 e. The zero-order chi connectivity index (χ0) is 24.4. The Morgan fingerprint density at radius 1 is 1.03 bits per heavy atom. The van der Waals surface area contributed by atoms with Gasteiger partial charge in [0.05, 0.1) is 23.9 Å². The predicted octanol–water partition coefficient (Wildman–Crippen LogP) is 3.02. The Morgan fingerprint density at radius 2 is 1.65 bits per heavy atom. The lowest BCUT2D eigenvalue weighted by atomic mass is 9.81. The molecule has 0 radical (unpaired) electrons. The van der Waals surface area contributed by atoms with E-state index in [4.69, 9.17) is 4.74 Å². The molecule has 176 valence electrons. The van der Waals surface area contributed by atoms with Gasteiger partial charge in [-0.15, -0.1) is 0 Å². The SMILES string of the molecule is COc1cccc(C(=O)CN(C(=O)c2ccc([N+](=O)[O-])cc2)N2C(=O)[C@@H]3CCCC[C@H]3C2=O)c1. The zero-order valence-corrected chi connectivity index (χ0v) is 18.5. The van der Waals surface area contributed by atoms with Crippen LogP contribution in [0, 0.1) is 22.0 Å². The molecule has 1 saturated heterocycles. The number of amides is 3. The molecule has 2 aliphatic rings. The number of ether oxygens (including phenoxy) is 1. The Balaban J connectivity index is 1.69. The van der Waals surface area contributed by atoms with E-state index in [1.165, 1.54) is 25.3 Å². The van der Waals surface area contributed by atoms with Gasteiger partial charge in [-0.25, -0.2) is 5.01 Å². The van der Waals surface area contributed by atoms with E-state index in [1.54, 1.807) is 18.2 Å². The summed E-state index contributed by atoms with van der Waals surface area (Å²) in [5.74, 6) is -2.85. The van der Waals surface area contributed by atoms with Gasteiger partial charge in [0.15, 0.2) is 5.78 Å². The van der Waals surface area contributed by atoms with Crippen molar-refractivity contribution in [1.82, 2.24) is 10.0 Å². The first-order valence-electron chi connectivity index (χ1n) is 10.9. The van der Waals surface area contributed by atoms with Crippen LogP contribution in [0.1, 0.15) is 46.4 Å². The summed E-state index contributed by atoms with van der Waals surface area (Å²) in [5, 5.41) is 12.6. The average Bonchev–Trinajstić information content (AvgIpc) is 3.12. The molecule has 0 unspecified atom stereocenters. The molecule has 2 aromatic rings. The van der Waals surface area contributed by atoms with Gasteiger partial charge < -0.3 is 4.74 Å². The fraction of sp³-hybridized carbons (Fsp3) is 0.333. The van der Waals surface area contributed by atoms with Crippen molar-refractivity contribution in [1.29, 1.82) is 0 Å². The molecule has 0 N–H and O–H groups in total. The third-order valence-electron chi connectivity index (χ3n) is 6.30. The zero-order valence-electron chi connectivity index (χ0n) is 18.5. The van der Waals surface area contributed by atoms with Gasteiger partial charge in [0.2, 0.25) is 0 Å². The van der Waals surface area contributed by atoms with Crippen LogP contribution in [0.25, 0.3) is 0 Å². The van der Waals surface area contributed by atoms with Gasteiger partial charge in [0, 0.05) is 23.3 Å². The molecule has 34 heavy (non-hydrogen) atoms. The Labute approximate surface area is 195 Å². The van der Waals surface area contributed by atoms with E-state index in [9.17, 15) is 29.3 Å². The van der Waals surface area contributed by atoms with Crippen molar-refractivity contribution in [3.8, 4) is 5.75 Å². The highest BCUT2D eigenvalue weighted by Crippen LogP contribution is 2.39. The molecule has 3 amide bonds. The summed E-state index contributed by atoms with van der Waals surface area (Å²) >= 11 is 0. The van der Waals surface area contributed by atoms with Crippen LogP contribution in [0.15, 0.2) is 48.5 Å². The van der Waals surface area contributed by atoms with Crippen molar-refractivity contribution >= 4 is 29.2 Å². The summed E-state index contributed by atoms with van der Waals surface area (Å²) in [6, 6.07) is 11.1. The second kappa shape index (κ2) is 9.42. The molecule has 0 aromatic heterocycles. The van der Waals surface area contributed by atoms with Crippen LogP contribution in [0.3, 0.4) is 0 Å². The number of carbonyl (C=O) groups is 4. The second-order valence-electron chi connectivity index (χ2n) is 8.31. The van der Waals surface area contributed by atoms with Crippen LogP contribution in [0.5, 0.6) is 5.75 Å². The molecule has 2 fully saturated rings. The van der Waals surface area contributed by atoms with Gasteiger partial charge in [-0.2, -0.15) is 5.01 Å². The molecule has 0 spiro atoms. The van der Waals surface area contributed by atoms with Crippen LogP contribution >= 0.6 is 0 Å². The number of benzene rings is 2. The Kier molecular flexibility index (Phi) is 6.40. The van der Waals surface area contributed by atoms with E-state index >= 15 is 0 Å². The molecule has 10 nitrogen and oxygen atoms in total. The Bertz CT molecular complexity index is 1140. The molecule has 0 bridgehead atoms. The number of methoxy groups -OCH3 is 1. The van der Waals surface area contributed by atoms with E-state index in [0.29, 0.717) is 18.6 Å². The number of nitrogens with zero attached hydrogens (tertiary/aromatic N) is 3. The predicted molar refractivity (Wildman–Crippen MR) is 119 cm³/mol. The molecule has 2 aromatic carbocycles. The number of non-ortho nitro benzene ring substituents is 1. The number of hydrogen-bond donors (Lipinski definition) is 0. The number of hydrazine groups is 1. The highest BCUT2D eigenvalue weighted by atomic mass is 16.6. The molecule has 4 rings (SSSR count). The number of carbonyl (C=O) groups excluding carboxylic acids is 4. The molecule has 1 aliphatic carbocycles. The van der Waals surface area contributed by atoms with Crippen molar-refractivity contribution in [2.45, 2.75) is 25.7 Å². The number of rotatable bonds is 7. The number of Topliss-reactive ketones (excluding diaryl/α,β-unsaturated/α-hetero) is 1. The molecule has 1 saturated carbocycles. The highest BCUT2D eigenvalue weighted by Gasteiger charge is 2.51. The van der Waals surface area contributed by atoms with Crippen molar-refractivity contribution in [2.24, 2.45) is 11.8 Å². The minimum absolute atomic E-state index is 0.0134. The lowest BCUT2D eigenvalue weighted by Crippen LogP contribution is -2.52. The van der Waals surface area contributed by atoms with Gasteiger partial charge in [-0.1, -0.05) is 25.0 Å². The van der Waals surface area contributed by atoms with Gasteiger partial charge in [0.25, 0.3) is 23.4 Å². The number of ketones is 1. The minimum Gasteiger partial charge on any atom is -0.497 e. The third-order valence-corrected chi connectivity index (χ3v) is 6.30. The summed E-state index contributed by atoms with van der Waals surface area (Å²) in [5.41, 5.74) is 0.0479. The van der Waals surface area contributed by atoms with Gasteiger partial charge in [-0.3, -0.25) is 29.3 Å². The van der Waals surface area contributed by atoms with Crippen molar-refractivity contribution in [2.75, 3.05) is 13.7 Å². The first-order chi connectivity index (χ1) is 16.3. The summed E-state index contributed by atoms with van der Waals surface area (Å²) in [4.78, 5) is 63.3. The summed E-state index contributed by atoms with van der Waals surface area (Å²) in [7, 11) is 1.46. The van der Waals surface area contributed by atoms with E-state index in [-0.39, 0.29) is 16.8 Å². The summed E-state index contributed by atoms with van der Waals surface area (Å²) in [6.45, 7) is -0.556. The van der Waals surface area contributed by atoms with Crippen molar-refractivity contribution < 1.29 is 28.8 Å². The Hall–Kier alpha value is -4.08. The van der Waals surface area contributed by atoms with Crippen LogP contribution in [0.2, 0.25) is 0 Å². The fourth-order valence-electron chi connectivity index (χ4n) is 4.51. The van der Waals surface area contributed by atoms with Crippen molar-refractivity contribution in [3.05, 3.63) is 69.8 Å². The molecular weight excluding hydrogens is 442 g/mol. The van der Waals surface area contributed by atoms with Crippen LogP contribution in [-0.2, 0) is 9.59 Å². The standard InChI is InChI=1S/C24H23N3O7/c1-34-18-6-4-5-16(13-18)21(28)14-25(22(29)15-9-11-17(12-10-15)27(32)33)26-23(30)19-7-2-3-8-20(19)24(26)31/h4-6,9-13,19-20H,2-3,7-8,14H2,1H3/t19-,20-/m1/s1. The van der Waals surface area contributed by atoms with Gasteiger partial charge in [-0.05, 0) is 37.1 Å². The largest absolute Gasteiger partial charge is 0.497 e. The number of imide groups is 1. The minimum atomic E-state index is -0.772. The van der Waals surface area contributed by atoms with E-state index in [1.807, 2.05) is 0 Å². The van der Waals surface area contributed by atoms with E-state index < -0.39 is 46.8 Å². The maximum Gasteiger partial charge on any atom is 0.273 e. The van der Waals surface area contributed by atoms with E-state index in [0.717, 1.165) is 35.0 Å². The van der Waals surface area contributed by atoms with Crippen molar-refractivity contribution in [3.63, 3.8) is 0 Å². The first-order valence-corrected chi connectivity index (χ1v) is 10.9. The van der Waals surface area contributed by atoms with Gasteiger partial charge in [0.1, 0.15) is 12.3 Å². The van der Waals surface area contributed by atoms with Crippen LogP contribution in [0.4, 0.5) is 5.69 Å². The molecule has 10 heteroatoms. The fourth-order valence-corrected chi connectivity index (χ4v) is 4.51. The first kappa shape index (κ1) is 23.1. The molecule has 1 heterocycles. The van der Waals surface area contributed by atoms with E-state index in [2.05, 4.69) is 0 Å². The summed E-state index contributed by atoms with van der Waals surface area (Å²) < 4.78 is 5.15. The normalized spacial score (nSPS) is 19.5. The third kappa shape index (κ3) is 4.26. The average molecular weight is 465 g/mol. The van der Waals surface area contributed by atoms with Gasteiger partial charge >= 0.3 is 0 Å². The summed E-state index contributed by atoms with van der Waals surface area (Å²) in [6.07, 6.45) is 2.73. The molecule has 2 atom stereocenters. The number of fused-ring (bicyclic) bond motifs is 1. The number of hydrogen-bond acceptors (Lipinski definition) is 7. The topological polar surface area (TPSA) is 127 Å². The second-order valence-corrected chi connectivity index (χ2v) is 8.31. The van der Waals surface area contributed by atoms with Crippen LogP contribution in [-0.4, -0.2) is 52.1 Å². The lowest BCUT2D eigenvalue weighted by Gasteiger charge is -2.30.